The molecule has 4 aromatic carbocycles. The van der Waals surface area contributed by atoms with E-state index in [9.17, 15) is 9.59 Å². The molecule has 48 heavy (non-hydrogen) atoms. The summed E-state index contributed by atoms with van der Waals surface area (Å²) in [5.41, 5.74) is 3.66. The first-order chi connectivity index (χ1) is 23.4. The van der Waals surface area contributed by atoms with Crippen molar-refractivity contribution in [2.45, 2.75) is 71.4 Å². The van der Waals surface area contributed by atoms with E-state index in [1.807, 2.05) is 75.4 Å². The summed E-state index contributed by atoms with van der Waals surface area (Å²) in [4.78, 5) is 34.5. The van der Waals surface area contributed by atoms with Crippen LogP contribution in [0.1, 0.15) is 72.5 Å². The van der Waals surface area contributed by atoms with E-state index < -0.39 is 6.04 Å². The molecule has 0 aliphatic heterocycles. The van der Waals surface area contributed by atoms with Gasteiger partial charge in [-0.15, -0.1) is 0 Å². The summed E-state index contributed by atoms with van der Waals surface area (Å²) in [6.45, 7) is 8.59. The number of ether oxygens (including phenoxy) is 1. The van der Waals surface area contributed by atoms with Gasteiger partial charge >= 0.3 is 0 Å². The van der Waals surface area contributed by atoms with Crippen molar-refractivity contribution in [3.8, 4) is 5.75 Å². The number of nitrogens with zero attached hydrogens (tertiary/aromatic N) is 1. The Bertz CT molecular complexity index is 1750. The molecule has 0 aliphatic carbocycles. The van der Waals surface area contributed by atoms with Crippen LogP contribution in [0.2, 0.25) is 0 Å². The average Bonchev–Trinajstić information content (AvgIpc) is 3.61. The Hall–Kier alpha value is -4.99. The van der Waals surface area contributed by atoms with Crippen LogP contribution in [0.4, 0.5) is 0 Å². The predicted octanol–water partition coefficient (Wildman–Crippen LogP) is 6.19. The highest BCUT2D eigenvalue weighted by Gasteiger charge is 2.23. The topological polar surface area (TPSA) is 120 Å². The molecule has 1 aromatic heterocycles. The van der Waals surface area contributed by atoms with Crippen molar-refractivity contribution in [3.63, 3.8) is 0 Å². The monoisotopic (exact) mass is 646 g/mol. The van der Waals surface area contributed by atoms with E-state index in [0.717, 1.165) is 39.0 Å². The van der Waals surface area contributed by atoms with E-state index in [0.29, 0.717) is 44.6 Å². The van der Waals surface area contributed by atoms with E-state index >= 15 is 0 Å². The largest absolute Gasteiger partial charge is 0.491 e. The maximum Gasteiger partial charge on any atom is 0.251 e. The van der Waals surface area contributed by atoms with Crippen LogP contribution in [0.5, 0.6) is 5.75 Å². The summed E-state index contributed by atoms with van der Waals surface area (Å²) in [6.07, 6.45) is 4.77. The molecule has 9 heteroatoms. The van der Waals surface area contributed by atoms with Gasteiger partial charge in [-0.2, -0.15) is 0 Å². The summed E-state index contributed by atoms with van der Waals surface area (Å²) in [7, 11) is 0. The van der Waals surface area contributed by atoms with Gasteiger partial charge in [-0.25, -0.2) is 4.98 Å². The Morgan fingerprint density at radius 2 is 1.58 bits per heavy atom. The number of aromatic amines is 1. The predicted molar refractivity (Wildman–Crippen MR) is 190 cm³/mol. The van der Waals surface area contributed by atoms with E-state index in [1.165, 1.54) is 0 Å². The Labute approximate surface area is 282 Å². The lowest BCUT2D eigenvalue weighted by Crippen LogP contribution is -2.47. The van der Waals surface area contributed by atoms with Gasteiger partial charge in [0.2, 0.25) is 5.91 Å². The van der Waals surface area contributed by atoms with E-state index in [-0.39, 0.29) is 24.0 Å². The molecule has 0 saturated carbocycles. The Balaban J connectivity index is 1.21. The molecule has 250 valence electrons. The van der Waals surface area contributed by atoms with Crippen LogP contribution in [-0.2, 0) is 24.4 Å². The van der Waals surface area contributed by atoms with Gasteiger partial charge < -0.3 is 31.0 Å². The highest BCUT2D eigenvalue weighted by atomic mass is 16.5. The normalized spacial score (nSPS) is 12.5. The lowest BCUT2D eigenvalue weighted by molar-refractivity contribution is -0.123. The third kappa shape index (κ3) is 9.76. The first-order valence-electron chi connectivity index (χ1n) is 16.7. The number of hydrogen-bond donors (Lipinski definition) is 5. The highest BCUT2D eigenvalue weighted by Crippen LogP contribution is 2.24. The van der Waals surface area contributed by atoms with Gasteiger partial charge in [-0.3, -0.25) is 9.59 Å². The van der Waals surface area contributed by atoms with Crippen LogP contribution >= 0.6 is 0 Å². The van der Waals surface area contributed by atoms with Crippen LogP contribution in [0.15, 0.2) is 103 Å². The average molecular weight is 647 g/mol. The van der Waals surface area contributed by atoms with Gasteiger partial charge in [0.1, 0.15) is 17.6 Å². The van der Waals surface area contributed by atoms with Crippen molar-refractivity contribution in [1.82, 2.24) is 31.2 Å². The van der Waals surface area contributed by atoms with Crippen molar-refractivity contribution >= 4 is 22.6 Å². The summed E-state index contributed by atoms with van der Waals surface area (Å²) >= 11 is 0. The lowest BCUT2D eigenvalue weighted by Gasteiger charge is -2.23. The molecule has 1 heterocycles. The highest BCUT2D eigenvalue weighted by molar-refractivity contribution is 5.97. The third-order valence-corrected chi connectivity index (χ3v) is 8.16. The number of nitrogens with one attached hydrogen (secondary N) is 5. The molecular weight excluding hydrogens is 600 g/mol. The van der Waals surface area contributed by atoms with Crippen LogP contribution in [0, 0.1) is 0 Å². The molecule has 0 bridgehead atoms. The smallest absolute Gasteiger partial charge is 0.251 e. The van der Waals surface area contributed by atoms with E-state index in [4.69, 9.17) is 4.74 Å². The quantitative estimate of drug-likeness (QED) is 0.0770. The number of imidazole rings is 1. The number of carbonyl (C=O) groups is 2. The number of H-pyrrole nitrogens is 1. The molecule has 5 aromatic rings. The molecule has 5 rings (SSSR count). The molecule has 0 unspecified atom stereocenters. The first kappa shape index (κ1) is 34.3. The van der Waals surface area contributed by atoms with Gasteiger partial charge in [0, 0.05) is 36.6 Å². The van der Waals surface area contributed by atoms with E-state index in [1.54, 1.807) is 24.5 Å². The molecule has 2 amide bonds. The fourth-order valence-corrected chi connectivity index (χ4v) is 5.70. The van der Waals surface area contributed by atoms with Gasteiger partial charge in [-0.05, 0) is 80.3 Å². The molecule has 0 aliphatic rings. The van der Waals surface area contributed by atoms with Crippen LogP contribution in [0.25, 0.3) is 10.8 Å². The van der Waals surface area contributed by atoms with E-state index in [2.05, 4.69) is 55.5 Å². The number of carbonyl (C=O) groups excluding carboxylic acids is 2. The second-order valence-electron chi connectivity index (χ2n) is 12.3. The van der Waals surface area contributed by atoms with Crippen LogP contribution < -0.4 is 26.0 Å². The molecule has 0 saturated heterocycles. The lowest BCUT2D eigenvalue weighted by atomic mass is 9.99. The summed E-state index contributed by atoms with van der Waals surface area (Å²) in [6, 6.07) is 28.8. The Morgan fingerprint density at radius 3 is 2.38 bits per heavy atom. The Kier molecular flexibility index (Phi) is 12.3. The first-order valence-corrected chi connectivity index (χ1v) is 16.7. The molecule has 0 fully saturated rings. The van der Waals surface area contributed by atoms with Gasteiger partial charge in [-0.1, -0.05) is 72.8 Å². The zero-order valence-electron chi connectivity index (χ0n) is 28.0. The number of fused-ring (bicyclic) bond motifs is 1. The zero-order chi connectivity index (χ0) is 33.7. The molecular formula is C39H46N6O3. The number of amides is 2. The fourth-order valence-electron chi connectivity index (χ4n) is 5.70. The number of hydrogen-bond acceptors (Lipinski definition) is 6. The minimum atomic E-state index is -0.706. The summed E-state index contributed by atoms with van der Waals surface area (Å²) < 4.78 is 5.95. The Morgan fingerprint density at radius 1 is 0.812 bits per heavy atom. The SMILES string of the molecule is CC(C)Oc1ccccc1CNCCC[C@H](NC(=O)c1ccc(CNCc2ncc[nH]2)cc1)C(=O)N[C@@H](C)c1cccc2ccccc12. The van der Waals surface area contributed by atoms with Crippen LogP contribution in [0.3, 0.4) is 0 Å². The number of rotatable bonds is 17. The molecule has 0 radical (unpaired) electrons. The van der Waals surface area contributed by atoms with Gasteiger partial charge in [0.05, 0.1) is 18.7 Å². The summed E-state index contributed by atoms with van der Waals surface area (Å²) in [5.74, 6) is 1.24. The minimum absolute atomic E-state index is 0.0884. The number of aromatic nitrogens is 2. The molecule has 9 nitrogen and oxygen atoms in total. The maximum absolute atomic E-state index is 13.8. The summed E-state index contributed by atoms with van der Waals surface area (Å²) in [5, 5.41) is 15.2. The van der Waals surface area contributed by atoms with Gasteiger partial charge in [0.15, 0.2) is 0 Å². The molecule has 5 N–H and O–H groups in total. The minimum Gasteiger partial charge on any atom is -0.491 e. The van der Waals surface area contributed by atoms with Crippen molar-refractivity contribution in [2.75, 3.05) is 6.54 Å². The fraction of sp³-hybridized carbons (Fsp3) is 0.308. The van der Waals surface area contributed by atoms with Crippen LogP contribution in [-0.4, -0.2) is 40.5 Å². The van der Waals surface area contributed by atoms with Gasteiger partial charge in [0.25, 0.3) is 5.91 Å². The van der Waals surface area contributed by atoms with Crippen molar-refractivity contribution in [3.05, 3.63) is 131 Å². The van der Waals surface area contributed by atoms with Crippen molar-refractivity contribution in [1.29, 1.82) is 0 Å². The van der Waals surface area contributed by atoms with Crippen molar-refractivity contribution < 1.29 is 14.3 Å². The number of benzene rings is 4. The second kappa shape index (κ2) is 17.2. The third-order valence-electron chi connectivity index (χ3n) is 8.16. The maximum atomic E-state index is 13.8. The molecule has 2 atom stereocenters. The standard InChI is InChI=1S/C39H46N6O3/c1-27(2)48-36-16-7-5-11-32(36)25-40-21-9-15-35(39(47)44-28(3)33-14-8-12-30-10-4-6-13-34(30)33)45-38(46)31-19-17-29(18-20-31)24-41-26-37-42-22-23-43-37/h4-8,10-14,16-20,22-23,27-28,35,40-41H,9,15,21,24-26H2,1-3H3,(H,42,43)(H,44,47)(H,45,46)/t28-,35-/m0/s1. The second-order valence-corrected chi connectivity index (χ2v) is 12.3. The zero-order valence-corrected chi connectivity index (χ0v) is 28.0. The van der Waals surface area contributed by atoms with Crippen molar-refractivity contribution in [2.24, 2.45) is 0 Å². The number of para-hydroxylation sites is 1. The molecule has 0 spiro atoms.